The Morgan fingerprint density at radius 2 is 1.68 bits per heavy atom. The summed E-state index contributed by atoms with van der Waals surface area (Å²) in [7, 11) is 1.53. The number of halogens is 2. The molecule has 0 aliphatic rings. The van der Waals surface area contributed by atoms with E-state index in [2.05, 4.69) is 10.6 Å². The van der Waals surface area contributed by atoms with Crippen molar-refractivity contribution in [1.82, 2.24) is 0 Å². The Morgan fingerprint density at radius 1 is 1.00 bits per heavy atom. The molecule has 0 bridgehead atoms. The molecular weight excluding hydrogens is 363 g/mol. The number of carbonyl (C=O) groups is 2. The number of nitrogens with one attached hydrogen (secondary N) is 2. The smallest absolute Gasteiger partial charge is 0.239 e. The van der Waals surface area contributed by atoms with Crippen LogP contribution in [-0.4, -0.2) is 18.9 Å². The summed E-state index contributed by atoms with van der Waals surface area (Å²) in [6, 6.07) is 11.6. The average molecular weight is 381 g/mol. The van der Waals surface area contributed by atoms with Gasteiger partial charge in [-0.1, -0.05) is 29.3 Å². The molecule has 0 aliphatic carbocycles. The molecule has 2 amide bonds. The third-order valence-corrected chi connectivity index (χ3v) is 4.20. The minimum absolute atomic E-state index is 0.335. The summed E-state index contributed by atoms with van der Waals surface area (Å²) < 4.78 is 5.12. The first kappa shape index (κ1) is 19.1. The molecule has 5 nitrogen and oxygen atoms in total. The largest absolute Gasteiger partial charge is 0.497 e. The number of ether oxygens (including phenoxy) is 1. The predicted molar refractivity (Wildman–Crippen MR) is 100 cm³/mol. The van der Waals surface area contributed by atoms with Crippen molar-refractivity contribution in [3.63, 3.8) is 0 Å². The van der Waals surface area contributed by atoms with Gasteiger partial charge in [-0.2, -0.15) is 0 Å². The van der Waals surface area contributed by atoms with Crippen LogP contribution < -0.4 is 15.4 Å². The van der Waals surface area contributed by atoms with Gasteiger partial charge in [-0.25, -0.2) is 0 Å². The fourth-order valence-electron chi connectivity index (χ4n) is 1.96. The maximum Gasteiger partial charge on any atom is 0.239 e. The van der Waals surface area contributed by atoms with Crippen molar-refractivity contribution in [2.24, 2.45) is 5.41 Å². The number of amides is 2. The van der Waals surface area contributed by atoms with Crippen molar-refractivity contribution < 1.29 is 14.3 Å². The molecule has 0 fully saturated rings. The van der Waals surface area contributed by atoms with Crippen molar-refractivity contribution in [1.29, 1.82) is 0 Å². The van der Waals surface area contributed by atoms with Crippen molar-refractivity contribution in [2.75, 3.05) is 17.7 Å². The van der Waals surface area contributed by atoms with Crippen LogP contribution in [0.4, 0.5) is 11.4 Å². The molecule has 2 aromatic rings. The highest BCUT2D eigenvalue weighted by molar-refractivity contribution is 6.36. The lowest BCUT2D eigenvalue weighted by Gasteiger charge is -2.23. The van der Waals surface area contributed by atoms with Crippen LogP contribution >= 0.6 is 23.2 Å². The van der Waals surface area contributed by atoms with Gasteiger partial charge >= 0.3 is 0 Å². The van der Waals surface area contributed by atoms with E-state index in [0.29, 0.717) is 27.2 Å². The molecule has 0 aliphatic heterocycles. The van der Waals surface area contributed by atoms with Crippen molar-refractivity contribution in [2.45, 2.75) is 13.8 Å². The number of methoxy groups -OCH3 is 1. The summed E-state index contributed by atoms with van der Waals surface area (Å²) >= 11 is 12.0. The second-order valence-electron chi connectivity index (χ2n) is 5.89. The van der Waals surface area contributed by atoms with Gasteiger partial charge in [0.15, 0.2) is 0 Å². The van der Waals surface area contributed by atoms with Crippen LogP contribution in [0.1, 0.15) is 13.8 Å². The molecule has 0 spiro atoms. The van der Waals surface area contributed by atoms with Crippen LogP contribution in [0.15, 0.2) is 42.5 Å². The summed E-state index contributed by atoms with van der Waals surface area (Å²) in [6.07, 6.45) is 0. The first-order chi connectivity index (χ1) is 11.7. The van der Waals surface area contributed by atoms with E-state index in [4.69, 9.17) is 27.9 Å². The molecule has 0 atom stereocenters. The number of anilines is 2. The molecule has 0 saturated heterocycles. The molecule has 0 unspecified atom stereocenters. The zero-order valence-electron chi connectivity index (χ0n) is 14.0. The van der Waals surface area contributed by atoms with Crippen LogP contribution in [0.5, 0.6) is 5.75 Å². The highest BCUT2D eigenvalue weighted by atomic mass is 35.5. The molecule has 2 rings (SSSR count). The molecule has 0 saturated carbocycles. The van der Waals surface area contributed by atoms with Gasteiger partial charge < -0.3 is 15.4 Å². The lowest BCUT2D eigenvalue weighted by Crippen LogP contribution is -2.41. The zero-order chi connectivity index (χ0) is 18.6. The standard InChI is InChI=1S/C18H18Cl2N2O3/c1-18(2,16(23)21-12-5-4-6-13(10-12)25-3)17(24)22-15-9-11(19)7-8-14(15)20/h4-10H,1-3H3,(H,21,23)(H,22,24). The second-order valence-corrected chi connectivity index (χ2v) is 6.73. The molecule has 2 N–H and O–H groups in total. The third-order valence-electron chi connectivity index (χ3n) is 3.64. The van der Waals surface area contributed by atoms with E-state index in [-0.39, 0.29) is 0 Å². The normalized spacial score (nSPS) is 10.9. The number of rotatable bonds is 5. The van der Waals surface area contributed by atoms with E-state index >= 15 is 0 Å². The Kier molecular flexibility index (Phi) is 5.93. The zero-order valence-corrected chi connectivity index (χ0v) is 15.5. The molecule has 0 heterocycles. The van der Waals surface area contributed by atoms with Gasteiger partial charge in [0.05, 0.1) is 17.8 Å². The maximum absolute atomic E-state index is 12.6. The second kappa shape index (κ2) is 7.76. The third kappa shape index (κ3) is 4.65. The number of benzene rings is 2. The van der Waals surface area contributed by atoms with Crippen LogP contribution in [0.25, 0.3) is 0 Å². The lowest BCUT2D eigenvalue weighted by molar-refractivity contribution is -0.135. The summed E-state index contributed by atoms with van der Waals surface area (Å²) in [5, 5.41) is 6.11. The minimum Gasteiger partial charge on any atom is -0.497 e. The molecule has 132 valence electrons. The summed E-state index contributed by atoms with van der Waals surface area (Å²) in [4.78, 5) is 25.1. The van der Waals surface area contributed by atoms with Gasteiger partial charge in [0.1, 0.15) is 11.2 Å². The van der Waals surface area contributed by atoms with Crippen molar-refractivity contribution >= 4 is 46.4 Å². The molecule has 0 aromatic heterocycles. The Labute approximate surface area is 156 Å². The van der Waals surface area contributed by atoms with Crippen LogP contribution in [-0.2, 0) is 9.59 Å². The predicted octanol–water partition coefficient (Wildman–Crippen LogP) is 4.61. The highest BCUT2D eigenvalue weighted by Gasteiger charge is 2.36. The maximum atomic E-state index is 12.6. The van der Waals surface area contributed by atoms with Crippen LogP contribution in [0.3, 0.4) is 0 Å². The quantitative estimate of drug-likeness (QED) is 0.744. The minimum atomic E-state index is -1.34. The van der Waals surface area contributed by atoms with Gasteiger partial charge in [-0.05, 0) is 44.2 Å². The lowest BCUT2D eigenvalue weighted by atomic mass is 9.90. The molecular formula is C18H18Cl2N2O3. The SMILES string of the molecule is COc1cccc(NC(=O)C(C)(C)C(=O)Nc2cc(Cl)ccc2Cl)c1. The van der Waals surface area contributed by atoms with Gasteiger partial charge in [-0.15, -0.1) is 0 Å². The van der Waals surface area contributed by atoms with Crippen LogP contribution in [0, 0.1) is 5.41 Å². The monoisotopic (exact) mass is 380 g/mol. The van der Waals surface area contributed by atoms with Gasteiger partial charge in [0.25, 0.3) is 0 Å². The molecule has 0 radical (unpaired) electrons. The number of hydrogen-bond acceptors (Lipinski definition) is 3. The van der Waals surface area contributed by atoms with E-state index < -0.39 is 17.2 Å². The molecule has 25 heavy (non-hydrogen) atoms. The summed E-state index contributed by atoms with van der Waals surface area (Å²) in [6.45, 7) is 3.05. The fourth-order valence-corrected chi connectivity index (χ4v) is 2.30. The van der Waals surface area contributed by atoms with E-state index in [1.165, 1.54) is 27.0 Å². The van der Waals surface area contributed by atoms with E-state index in [9.17, 15) is 9.59 Å². The first-order valence-corrected chi connectivity index (χ1v) is 8.21. The van der Waals surface area contributed by atoms with Gasteiger partial charge in [0, 0.05) is 16.8 Å². The Hall–Kier alpha value is -2.24. The molecule has 7 heteroatoms. The first-order valence-electron chi connectivity index (χ1n) is 7.46. The number of hydrogen-bond donors (Lipinski definition) is 2. The van der Waals surface area contributed by atoms with Crippen molar-refractivity contribution in [3.8, 4) is 5.75 Å². The number of carbonyl (C=O) groups excluding carboxylic acids is 2. The van der Waals surface area contributed by atoms with E-state index in [1.807, 2.05) is 0 Å². The Balaban J connectivity index is 2.14. The Morgan fingerprint density at radius 3 is 2.36 bits per heavy atom. The van der Waals surface area contributed by atoms with Gasteiger partial charge in [0.2, 0.25) is 11.8 Å². The Bertz CT molecular complexity index is 807. The molecule has 2 aromatic carbocycles. The fraction of sp³-hybridized carbons (Fsp3) is 0.222. The van der Waals surface area contributed by atoms with Crippen molar-refractivity contribution in [3.05, 3.63) is 52.5 Å². The topological polar surface area (TPSA) is 67.4 Å². The van der Waals surface area contributed by atoms with Crippen LogP contribution in [0.2, 0.25) is 10.0 Å². The van der Waals surface area contributed by atoms with E-state index in [1.54, 1.807) is 36.4 Å². The summed E-state index contributed by atoms with van der Waals surface area (Å²) in [5.74, 6) is -0.362. The highest BCUT2D eigenvalue weighted by Crippen LogP contribution is 2.28. The van der Waals surface area contributed by atoms with Gasteiger partial charge in [-0.3, -0.25) is 9.59 Å². The van der Waals surface area contributed by atoms with E-state index in [0.717, 1.165) is 0 Å². The average Bonchev–Trinajstić information content (AvgIpc) is 2.58. The summed E-state index contributed by atoms with van der Waals surface area (Å²) in [5.41, 5.74) is -0.457.